The highest BCUT2D eigenvalue weighted by Gasteiger charge is 2.13. The van der Waals surface area contributed by atoms with E-state index in [9.17, 15) is 4.79 Å². The molecule has 8 nitrogen and oxygen atoms in total. The van der Waals surface area contributed by atoms with Crippen molar-refractivity contribution in [3.05, 3.63) is 51.9 Å². The first-order chi connectivity index (χ1) is 13.5. The van der Waals surface area contributed by atoms with Crippen molar-refractivity contribution in [3.63, 3.8) is 0 Å². The summed E-state index contributed by atoms with van der Waals surface area (Å²) in [5.74, 6) is 0.598. The summed E-state index contributed by atoms with van der Waals surface area (Å²) < 4.78 is 1.44. The maximum Gasteiger partial charge on any atom is 0.280 e. The first-order valence-electron chi connectivity index (χ1n) is 9.47. The normalized spacial score (nSPS) is 11.3. The van der Waals surface area contributed by atoms with E-state index in [1.807, 2.05) is 26.2 Å². The van der Waals surface area contributed by atoms with Crippen molar-refractivity contribution in [2.75, 3.05) is 31.7 Å². The molecule has 0 unspecified atom stereocenters. The van der Waals surface area contributed by atoms with Gasteiger partial charge in [0.15, 0.2) is 0 Å². The van der Waals surface area contributed by atoms with Gasteiger partial charge < -0.3 is 16.0 Å². The Bertz CT molecular complexity index is 996. The van der Waals surface area contributed by atoms with Crippen LogP contribution >= 0.6 is 0 Å². The molecule has 3 N–H and O–H groups in total. The van der Waals surface area contributed by atoms with Gasteiger partial charge in [-0.1, -0.05) is 37.6 Å². The summed E-state index contributed by atoms with van der Waals surface area (Å²) in [6.45, 7) is 4.09. The maximum atomic E-state index is 13.0. The minimum Gasteiger partial charge on any atom is -0.369 e. The summed E-state index contributed by atoms with van der Waals surface area (Å²) in [6, 6.07) is 8.19. The highest BCUT2D eigenvalue weighted by molar-refractivity contribution is 5.88. The van der Waals surface area contributed by atoms with E-state index in [2.05, 4.69) is 44.3 Å². The van der Waals surface area contributed by atoms with Gasteiger partial charge in [0.05, 0.1) is 12.7 Å². The molecule has 1 aromatic carbocycles. The van der Waals surface area contributed by atoms with Crippen LogP contribution in [-0.2, 0) is 13.1 Å². The number of anilines is 2. The molecule has 3 rings (SSSR count). The highest BCUT2D eigenvalue weighted by Crippen LogP contribution is 2.17. The lowest BCUT2D eigenvalue weighted by Gasteiger charge is -2.12. The molecule has 0 saturated heterocycles. The predicted molar refractivity (Wildman–Crippen MR) is 112 cm³/mol. The zero-order valence-electron chi connectivity index (χ0n) is 16.6. The third-order valence-corrected chi connectivity index (χ3v) is 4.40. The Labute approximate surface area is 164 Å². The van der Waals surface area contributed by atoms with Gasteiger partial charge in [-0.05, 0) is 31.6 Å². The second kappa shape index (κ2) is 8.79. The van der Waals surface area contributed by atoms with Gasteiger partial charge >= 0.3 is 0 Å². The van der Waals surface area contributed by atoms with E-state index in [4.69, 9.17) is 5.73 Å². The number of nitrogen functional groups attached to an aromatic ring is 1. The minimum absolute atomic E-state index is 0.127. The monoisotopic (exact) mass is 381 g/mol. The fraction of sp³-hybridized carbons (Fsp3) is 0.400. The van der Waals surface area contributed by atoms with Gasteiger partial charge in [0.1, 0.15) is 16.7 Å². The van der Waals surface area contributed by atoms with Crippen LogP contribution in [0.3, 0.4) is 0 Å². The Morgan fingerprint density at radius 1 is 1.14 bits per heavy atom. The second-order valence-electron chi connectivity index (χ2n) is 7.13. The SMILES string of the molecule is CCCCNc1nc(N)nc2cnn(Cc3ccc(CN(C)C)cc3)c(=O)c12. The molecule has 0 aliphatic carbocycles. The number of nitrogens with zero attached hydrogens (tertiary/aromatic N) is 5. The lowest BCUT2D eigenvalue weighted by molar-refractivity contribution is 0.402. The number of fused-ring (bicyclic) bond motifs is 1. The van der Waals surface area contributed by atoms with Gasteiger partial charge in [-0.15, -0.1) is 0 Å². The maximum absolute atomic E-state index is 13.0. The first kappa shape index (κ1) is 19.8. The number of nitrogens with two attached hydrogens (primary N) is 1. The number of nitrogens with one attached hydrogen (secondary N) is 1. The van der Waals surface area contributed by atoms with E-state index in [0.717, 1.165) is 31.5 Å². The van der Waals surface area contributed by atoms with Crippen molar-refractivity contribution in [3.8, 4) is 0 Å². The molecule has 0 bridgehead atoms. The van der Waals surface area contributed by atoms with Crippen LogP contribution in [0, 0.1) is 0 Å². The molecule has 0 fully saturated rings. The molecule has 2 aromatic heterocycles. The zero-order chi connectivity index (χ0) is 20.1. The van der Waals surface area contributed by atoms with Gasteiger partial charge in [-0.3, -0.25) is 4.79 Å². The smallest absolute Gasteiger partial charge is 0.280 e. The summed E-state index contributed by atoms with van der Waals surface area (Å²) in [5.41, 5.74) is 8.24. The molecule has 2 heterocycles. The Hall–Kier alpha value is -3.00. The van der Waals surface area contributed by atoms with Gasteiger partial charge in [-0.25, -0.2) is 9.67 Å². The Balaban J connectivity index is 1.91. The van der Waals surface area contributed by atoms with Gasteiger partial charge in [0.2, 0.25) is 5.95 Å². The number of hydrogen-bond acceptors (Lipinski definition) is 7. The van der Waals surface area contributed by atoms with E-state index in [-0.39, 0.29) is 11.5 Å². The largest absolute Gasteiger partial charge is 0.369 e. The van der Waals surface area contributed by atoms with E-state index >= 15 is 0 Å². The molecule has 0 amide bonds. The quantitative estimate of drug-likeness (QED) is 0.576. The minimum atomic E-state index is -0.228. The standard InChI is InChI=1S/C20H27N7O/c1-4-5-10-22-18-17-16(24-20(21)25-18)11-23-27(19(17)28)13-15-8-6-14(7-9-15)12-26(2)3/h6-9,11H,4-5,10,12-13H2,1-3H3,(H3,21,22,24,25). The number of unbranched alkanes of at least 4 members (excludes halogenated alkanes) is 1. The fourth-order valence-corrected chi connectivity index (χ4v) is 3.02. The van der Waals surface area contributed by atoms with E-state index in [0.29, 0.717) is 23.3 Å². The van der Waals surface area contributed by atoms with Crippen molar-refractivity contribution in [1.82, 2.24) is 24.6 Å². The molecule has 0 spiro atoms. The molecule has 8 heteroatoms. The highest BCUT2D eigenvalue weighted by atomic mass is 16.1. The van der Waals surface area contributed by atoms with Gasteiger partial charge in [0, 0.05) is 13.1 Å². The van der Waals surface area contributed by atoms with Crippen LogP contribution in [0.5, 0.6) is 0 Å². The molecule has 0 saturated carbocycles. The molecule has 0 atom stereocenters. The molecular weight excluding hydrogens is 354 g/mol. The molecule has 3 aromatic rings. The van der Waals surface area contributed by atoms with Crippen molar-refractivity contribution in [2.45, 2.75) is 32.9 Å². The fourth-order valence-electron chi connectivity index (χ4n) is 3.02. The molecule has 0 aliphatic heterocycles. The van der Waals surface area contributed by atoms with Crippen LogP contribution < -0.4 is 16.6 Å². The average molecular weight is 381 g/mol. The summed E-state index contributed by atoms with van der Waals surface area (Å²) >= 11 is 0. The topological polar surface area (TPSA) is 102 Å². The molecule has 0 aliphatic rings. The summed E-state index contributed by atoms with van der Waals surface area (Å²) in [4.78, 5) is 23.5. The number of hydrogen-bond donors (Lipinski definition) is 2. The summed E-state index contributed by atoms with van der Waals surface area (Å²) in [7, 11) is 4.07. The summed E-state index contributed by atoms with van der Waals surface area (Å²) in [6.07, 6.45) is 3.59. The van der Waals surface area contributed by atoms with Crippen LogP contribution in [0.1, 0.15) is 30.9 Å². The first-order valence-corrected chi connectivity index (χ1v) is 9.47. The Morgan fingerprint density at radius 3 is 2.54 bits per heavy atom. The average Bonchev–Trinajstić information content (AvgIpc) is 2.65. The van der Waals surface area contributed by atoms with Crippen molar-refractivity contribution >= 4 is 22.7 Å². The third kappa shape index (κ3) is 4.64. The predicted octanol–water partition coefficient (Wildman–Crippen LogP) is 2.09. The van der Waals surface area contributed by atoms with E-state index in [1.54, 1.807) is 6.20 Å². The lowest BCUT2D eigenvalue weighted by atomic mass is 10.1. The van der Waals surface area contributed by atoms with Crippen LogP contribution in [0.2, 0.25) is 0 Å². The molecule has 28 heavy (non-hydrogen) atoms. The molecular formula is C20H27N7O. The third-order valence-electron chi connectivity index (χ3n) is 4.40. The summed E-state index contributed by atoms with van der Waals surface area (Å²) in [5, 5.41) is 7.90. The second-order valence-corrected chi connectivity index (χ2v) is 7.13. The van der Waals surface area contributed by atoms with E-state index in [1.165, 1.54) is 10.2 Å². The molecule has 0 radical (unpaired) electrons. The van der Waals surface area contributed by atoms with Crippen LogP contribution in [0.25, 0.3) is 10.9 Å². The lowest BCUT2D eigenvalue weighted by Crippen LogP contribution is -2.25. The number of rotatable bonds is 8. The van der Waals surface area contributed by atoms with E-state index < -0.39 is 0 Å². The number of aromatic nitrogens is 4. The zero-order valence-corrected chi connectivity index (χ0v) is 16.6. The Kier molecular flexibility index (Phi) is 6.20. The molecule has 148 valence electrons. The van der Waals surface area contributed by atoms with Crippen molar-refractivity contribution < 1.29 is 0 Å². The van der Waals surface area contributed by atoms with Crippen molar-refractivity contribution in [2.24, 2.45) is 0 Å². The van der Waals surface area contributed by atoms with Gasteiger partial charge in [-0.2, -0.15) is 10.1 Å². The van der Waals surface area contributed by atoms with Crippen molar-refractivity contribution in [1.29, 1.82) is 0 Å². The van der Waals surface area contributed by atoms with Gasteiger partial charge in [0.25, 0.3) is 5.56 Å². The van der Waals surface area contributed by atoms with Crippen LogP contribution in [0.4, 0.5) is 11.8 Å². The van der Waals surface area contributed by atoms with Crippen LogP contribution in [0.15, 0.2) is 35.3 Å². The van der Waals surface area contributed by atoms with Crippen LogP contribution in [-0.4, -0.2) is 45.3 Å². The number of benzene rings is 1. The Morgan fingerprint density at radius 2 is 1.86 bits per heavy atom.